The van der Waals surface area contributed by atoms with Gasteiger partial charge in [-0.25, -0.2) is 0 Å². The quantitative estimate of drug-likeness (QED) is 0.717. The molecule has 0 unspecified atom stereocenters. The lowest BCUT2D eigenvalue weighted by Crippen LogP contribution is -2.58. The van der Waals surface area contributed by atoms with Crippen molar-refractivity contribution in [2.24, 2.45) is 28.6 Å². The molecule has 136 valence electrons. The van der Waals surface area contributed by atoms with Crippen LogP contribution in [0, 0.1) is 28.6 Å². The van der Waals surface area contributed by atoms with E-state index in [2.05, 4.69) is 13.0 Å². The highest BCUT2D eigenvalue weighted by Crippen LogP contribution is 2.66. The zero-order valence-electron chi connectivity index (χ0n) is 15.3. The molecule has 0 heterocycles. The van der Waals surface area contributed by atoms with Gasteiger partial charge in [0.25, 0.3) is 0 Å². The molecule has 0 bridgehead atoms. The third kappa shape index (κ3) is 2.01. The molecule has 4 nitrogen and oxygen atoms in total. The zero-order chi connectivity index (χ0) is 18.2. The number of carbonyl (C=O) groups excluding carboxylic acids is 2. The first kappa shape index (κ1) is 17.2. The average Bonchev–Trinajstić information content (AvgIpc) is 2.82. The van der Waals surface area contributed by atoms with Gasteiger partial charge in [0, 0.05) is 23.2 Å². The first-order chi connectivity index (χ1) is 11.6. The summed E-state index contributed by atoms with van der Waals surface area (Å²) in [6.45, 7) is 5.68. The van der Waals surface area contributed by atoms with Gasteiger partial charge in [-0.05, 0) is 44.4 Å². The van der Waals surface area contributed by atoms with Crippen molar-refractivity contribution in [3.8, 4) is 0 Å². The van der Waals surface area contributed by atoms with Gasteiger partial charge in [-0.15, -0.1) is 0 Å². The lowest BCUT2D eigenvalue weighted by atomic mass is 9.47. The first-order valence-corrected chi connectivity index (χ1v) is 9.48. The minimum absolute atomic E-state index is 0.0614. The smallest absolute Gasteiger partial charge is 0.161 e. The minimum atomic E-state index is -1.29. The zero-order valence-corrected chi connectivity index (χ0v) is 15.3. The number of carbonyl (C=O) groups is 2. The second-order valence-corrected chi connectivity index (χ2v) is 9.12. The third-order valence-electron chi connectivity index (χ3n) is 8.21. The molecule has 4 aliphatic carbocycles. The standard InChI is InChI=1S/C21H28O4/c1-12(22)21(25)9-6-16-18-15(5-8-20(16,21)3)19(2)7-4-14(23)10-13(19)11-17(18)24/h4,7,10,14-16,18,23,25H,5-6,8-9,11H2,1-3H3/t14-,15-,16-,18+,19-,20-,21-/m0/s1. The van der Waals surface area contributed by atoms with Crippen LogP contribution in [-0.2, 0) is 9.59 Å². The topological polar surface area (TPSA) is 74.6 Å². The van der Waals surface area contributed by atoms with Crippen LogP contribution >= 0.6 is 0 Å². The summed E-state index contributed by atoms with van der Waals surface area (Å²) in [4.78, 5) is 25.3. The van der Waals surface area contributed by atoms with E-state index in [1.54, 1.807) is 0 Å². The van der Waals surface area contributed by atoms with E-state index in [4.69, 9.17) is 0 Å². The summed E-state index contributed by atoms with van der Waals surface area (Å²) in [5.74, 6) is 0.211. The fourth-order valence-corrected chi connectivity index (χ4v) is 6.62. The highest BCUT2D eigenvalue weighted by Gasteiger charge is 2.66. The van der Waals surface area contributed by atoms with Crippen molar-refractivity contribution in [3.05, 3.63) is 23.8 Å². The number of fused-ring (bicyclic) bond motifs is 5. The van der Waals surface area contributed by atoms with Crippen LogP contribution in [-0.4, -0.2) is 33.5 Å². The molecule has 0 saturated heterocycles. The Labute approximate surface area is 149 Å². The van der Waals surface area contributed by atoms with E-state index in [-0.39, 0.29) is 34.7 Å². The summed E-state index contributed by atoms with van der Waals surface area (Å²) >= 11 is 0. The fourth-order valence-electron chi connectivity index (χ4n) is 6.62. The van der Waals surface area contributed by atoms with Crippen molar-refractivity contribution in [1.29, 1.82) is 0 Å². The summed E-state index contributed by atoms with van der Waals surface area (Å²) in [5.41, 5.74) is -0.961. The van der Waals surface area contributed by atoms with Crippen molar-refractivity contribution < 1.29 is 19.8 Å². The first-order valence-electron chi connectivity index (χ1n) is 9.48. The van der Waals surface area contributed by atoms with E-state index in [0.29, 0.717) is 12.8 Å². The number of aliphatic hydroxyl groups is 2. The Morgan fingerprint density at radius 2 is 1.88 bits per heavy atom. The van der Waals surface area contributed by atoms with Crippen molar-refractivity contribution in [1.82, 2.24) is 0 Å². The fraction of sp³-hybridized carbons (Fsp3) is 0.714. The van der Waals surface area contributed by atoms with E-state index < -0.39 is 17.1 Å². The molecule has 0 aromatic rings. The Balaban J connectivity index is 1.76. The van der Waals surface area contributed by atoms with Crippen LogP contribution < -0.4 is 0 Å². The molecule has 3 saturated carbocycles. The van der Waals surface area contributed by atoms with Crippen LogP contribution in [0.15, 0.2) is 23.8 Å². The Bertz CT molecular complexity index is 707. The highest BCUT2D eigenvalue weighted by molar-refractivity contribution is 5.89. The number of aliphatic hydroxyl groups excluding tert-OH is 1. The van der Waals surface area contributed by atoms with Crippen LogP contribution in [0.25, 0.3) is 0 Å². The number of hydrogen-bond acceptors (Lipinski definition) is 4. The predicted octanol–water partition coefficient (Wildman–Crippen LogP) is 2.59. The summed E-state index contributed by atoms with van der Waals surface area (Å²) in [5, 5.41) is 21.0. The number of hydrogen-bond donors (Lipinski definition) is 2. The molecule has 4 heteroatoms. The van der Waals surface area contributed by atoms with Gasteiger partial charge in [-0.1, -0.05) is 37.6 Å². The SMILES string of the molecule is CC(=O)[C@@]1(O)CC[C@H]2[C@@H]3C(=O)CC4=C[C@@H](O)C=C[C@]4(C)[C@H]3CC[C@@]21C. The van der Waals surface area contributed by atoms with Crippen molar-refractivity contribution in [2.75, 3.05) is 0 Å². The molecule has 7 atom stereocenters. The maximum absolute atomic E-state index is 13.1. The number of rotatable bonds is 1. The van der Waals surface area contributed by atoms with Crippen LogP contribution in [0.3, 0.4) is 0 Å². The van der Waals surface area contributed by atoms with Crippen LogP contribution in [0.1, 0.15) is 52.9 Å². The van der Waals surface area contributed by atoms with Gasteiger partial charge in [0.2, 0.25) is 0 Å². The molecular formula is C21H28O4. The lowest BCUT2D eigenvalue weighted by Gasteiger charge is -2.57. The molecule has 3 fully saturated rings. The molecule has 4 aliphatic rings. The van der Waals surface area contributed by atoms with E-state index in [1.165, 1.54) is 6.92 Å². The second kappa shape index (κ2) is 5.14. The molecule has 25 heavy (non-hydrogen) atoms. The van der Waals surface area contributed by atoms with E-state index in [9.17, 15) is 19.8 Å². The average molecular weight is 344 g/mol. The Morgan fingerprint density at radius 1 is 1.20 bits per heavy atom. The molecule has 2 N–H and O–H groups in total. The van der Waals surface area contributed by atoms with Crippen LogP contribution in [0.5, 0.6) is 0 Å². The second-order valence-electron chi connectivity index (χ2n) is 9.12. The maximum atomic E-state index is 13.1. The molecule has 0 aromatic heterocycles. The van der Waals surface area contributed by atoms with Gasteiger partial charge in [0.15, 0.2) is 5.78 Å². The minimum Gasteiger partial charge on any atom is -0.385 e. The molecular weight excluding hydrogens is 316 g/mol. The van der Waals surface area contributed by atoms with E-state index >= 15 is 0 Å². The van der Waals surface area contributed by atoms with E-state index in [1.807, 2.05) is 19.1 Å². The van der Waals surface area contributed by atoms with Gasteiger partial charge in [-0.2, -0.15) is 0 Å². The third-order valence-corrected chi connectivity index (χ3v) is 8.21. The molecule has 0 amide bonds. The molecule has 0 aromatic carbocycles. The Morgan fingerprint density at radius 3 is 2.56 bits per heavy atom. The summed E-state index contributed by atoms with van der Waals surface area (Å²) in [6.07, 6.45) is 8.32. The van der Waals surface area contributed by atoms with Gasteiger partial charge in [0.05, 0.1) is 6.10 Å². The van der Waals surface area contributed by atoms with Gasteiger partial charge in [-0.3, -0.25) is 9.59 Å². The molecule has 0 aliphatic heterocycles. The van der Waals surface area contributed by atoms with E-state index in [0.717, 1.165) is 24.8 Å². The van der Waals surface area contributed by atoms with Crippen molar-refractivity contribution in [2.45, 2.75) is 64.6 Å². The maximum Gasteiger partial charge on any atom is 0.161 e. The lowest BCUT2D eigenvalue weighted by molar-refractivity contribution is -0.162. The number of ketones is 2. The van der Waals surface area contributed by atoms with Gasteiger partial charge < -0.3 is 10.2 Å². The Hall–Kier alpha value is -1.26. The van der Waals surface area contributed by atoms with Crippen molar-refractivity contribution in [3.63, 3.8) is 0 Å². The number of Topliss-reactive ketones (excluding diaryl/α,β-unsaturated/α-hetero) is 2. The molecule has 4 rings (SSSR count). The number of allylic oxidation sites excluding steroid dienone is 2. The normalized spacial score (nSPS) is 51.4. The largest absolute Gasteiger partial charge is 0.385 e. The predicted molar refractivity (Wildman–Crippen MR) is 93.6 cm³/mol. The summed E-state index contributed by atoms with van der Waals surface area (Å²) in [6, 6.07) is 0. The van der Waals surface area contributed by atoms with Gasteiger partial charge in [0.1, 0.15) is 11.4 Å². The van der Waals surface area contributed by atoms with Gasteiger partial charge >= 0.3 is 0 Å². The summed E-state index contributed by atoms with van der Waals surface area (Å²) < 4.78 is 0. The summed E-state index contributed by atoms with van der Waals surface area (Å²) in [7, 11) is 0. The monoisotopic (exact) mass is 344 g/mol. The Kier molecular flexibility index (Phi) is 3.53. The van der Waals surface area contributed by atoms with Crippen molar-refractivity contribution >= 4 is 11.6 Å². The van der Waals surface area contributed by atoms with Crippen LogP contribution in [0.4, 0.5) is 0 Å². The highest BCUT2D eigenvalue weighted by atomic mass is 16.3. The molecule has 0 spiro atoms. The van der Waals surface area contributed by atoms with Crippen LogP contribution in [0.2, 0.25) is 0 Å². The molecule has 0 radical (unpaired) electrons.